The number of nitrogens with zero attached hydrogens (tertiary/aromatic N) is 1. The van der Waals surface area contributed by atoms with Crippen LogP contribution in [0.2, 0.25) is 0 Å². The summed E-state index contributed by atoms with van der Waals surface area (Å²) in [5, 5.41) is 0. The number of carbonyl (C=O) groups is 1. The number of nitrogen functional groups attached to an aromatic ring is 1. The average molecular weight is 269 g/mol. The van der Waals surface area contributed by atoms with Gasteiger partial charge in [0, 0.05) is 24.8 Å². The summed E-state index contributed by atoms with van der Waals surface area (Å²) in [5.41, 5.74) is 6.20. The molecule has 0 spiro atoms. The number of anilines is 1. The van der Waals surface area contributed by atoms with E-state index in [0.29, 0.717) is 5.56 Å². The lowest BCUT2D eigenvalue weighted by Gasteiger charge is -2.21. The van der Waals surface area contributed by atoms with Crippen LogP contribution in [0.5, 0.6) is 0 Å². The molecule has 0 saturated carbocycles. The number of nitrogens with two attached hydrogens (primary N) is 1. The number of benzene rings is 2. The molecule has 104 valence electrons. The van der Waals surface area contributed by atoms with Crippen LogP contribution >= 0.6 is 0 Å². The largest absolute Gasteiger partial charge is 0.370 e. The summed E-state index contributed by atoms with van der Waals surface area (Å²) >= 11 is 0. The number of rotatable bonds is 4. The first-order valence-electron chi connectivity index (χ1n) is 6.48. The molecule has 4 nitrogen and oxygen atoms in total. The lowest BCUT2D eigenvalue weighted by molar-refractivity contribution is 0.0953. The highest BCUT2D eigenvalue weighted by Crippen LogP contribution is 2.20. The van der Waals surface area contributed by atoms with Crippen LogP contribution in [0.4, 0.5) is 5.69 Å². The van der Waals surface area contributed by atoms with Gasteiger partial charge in [-0.05, 0) is 36.2 Å². The summed E-state index contributed by atoms with van der Waals surface area (Å²) in [6.07, 6.45) is 0. The van der Waals surface area contributed by atoms with Gasteiger partial charge in [-0.3, -0.25) is 10.2 Å². The molecule has 2 rings (SSSR count). The fourth-order valence-corrected chi connectivity index (χ4v) is 2.25. The Morgan fingerprint density at radius 2 is 1.95 bits per heavy atom. The second-order valence-corrected chi connectivity index (χ2v) is 4.82. The molecule has 0 radical (unpaired) electrons. The molecule has 0 fully saturated rings. The van der Waals surface area contributed by atoms with E-state index in [4.69, 9.17) is 5.84 Å². The van der Waals surface area contributed by atoms with Gasteiger partial charge in [0.2, 0.25) is 0 Å². The Bertz CT molecular complexity index is 610. The van der Waals surface area contributed by atoms with Crippen LogP contribution in [0.15, 0.2) is 48.5 Å². The van der Waals surface area contributed by atoms with Gasteiger partial charge in [-0.1, -0.05) is 30.3 Å². The lowest BCUT2D eigenvalue weighted by atomic mass is 10.1. The Morgan fingerprint density at radius 3 is 2.65 bits per heavy atom. The van der Waals surface area contributed by atoms with Gasteiger partial charge >= 0.3 is 0 Å². The van der Waals surface area contributed by atoms with E-state index in [9.17, 15) is 4.79 Å². The summed E-state index contributed by atoms with van der Waals surface area (Å²) in [6.45, 7) is 2.82. The molecular formula is C16H19N3O. The van der Waals surface area contributed by atoms with Crippen molar-refractivity contribution in [1.82, 2.24) is 5.43 Å². The third-order valence-electron chi connectivity index (χ3n) is 3.27. The highest BCUT2D eigenvalue weighted by atomic mass is 16.2. The van der Waals surface area contributed by atoms with E-state index in [1.807, 2.05) is 37.4 Å². The van der Waals surface area contributed by atoms with Gasteiger partial charge < -0.3 is 4.90 Å². The molecule has 0 aliphatic rings. The summed E-state index contributed by atoms with van der Waals surface area (Å²) in [7, 11) is 2.04. The van der Waals surface area contributed by atoms with E-state index in [-0.39, 0.29) is 5.91 Å². The predicted octanol–water partition coefficient (Wildman–Crippen LogP) is 2.23. The minimum Gasteiger partial charge on any atom is -0.370 e. The summed E-state index contributed by atoms with van der Waals surface area (Å²) in [6, 6.07) is 15.7. The van der Waals surface area contributed by atoms with Crippen molar-refractivity contribution in [2.75, 3.05) is 11.9 Å². The van der Waals surface area contributed by atoms with Crippen LogP contribution in [-0.2, 0) is 6.54 Å². The lowest BCUT2D eigenvalue weighted by Crippen LogP contribution is -2.30. The van der Waals surface area contributed by atoms with Gasteiger partial charge in [-0.2, -0.15) is 0 Å². The van der Waals surface area contributed by atoms with Gasteiger partial charge in [0.1, 0.15) is 0 Å². The topological polar surface area (TPSA) is 58.4 Å². The Labute approximate surface area is 119 Å². The molecule has 0 aliphatic heterocycles. The van der Waals surface area contributed by atoms with Gasteiger partial charge in [0.25, 0.3) is 5.91 Å². The minimum atomic E-state index is -0.273. The maximum Gasteiger partial charge on any atom is 0.265 e. The van der Waals surface area contributed by atoms with Gasteiger partial charge in [0.05, 0.1) is 0 Å². The summed E-state index contributed by atoms with van der Waals surface area (Å²) in [5.74, 6) is 4.88. The zero-order chi connectivity index (χ0) is 14.5. The van der Waals surface area contributed by atoms with E-state index in [1.54, 1.807) is 6.07 Å². The van der Waals surface area contributed by atoms with Crippen molar-refractivity contribution in [1.29, 1.82) is 0 Å². The van der Waals surface area contributed by atoms with E-state index in [0.717, 1.165) is 12.1 Å². The maximum atomic E-state index is 11.5. The standard InChI is InChI=1S/C16H19N3O/c1-12-6-3-4-9-15(12)19(2)11-13-7-5-8-14(10-13)16(20)18-17/h3-10H,11,17H2,1-2H3,(H,18,20). The first-order chi connectivity index (χ1) is 9.61. The Morgan fingerprint density at radius 1 is 1.20 bits per heavy atom. The molecule has 20 heavy (non-hydrogen) atoms. The van der Waals surface area contributed by atoms with Crippen molar-refractivity contribution < 1.29 is 4.79 Å². The molecule has 2 aromatic carbocycles. The summed E-state index contributed by atoms with van der Waals surface area (Å²) < 4.78 is 0. The minimum absolute atomic E-state index is 0.273. The van der Waals surface area contributed by atoms with Crippen molar-refractivity contribution in [2.45, 2.75) is 13.5 Å². The van der Waals surface area contributed by atoms with Crippen LogP contribution in [-0.4, -0.2) is 13.0 Å². The molecule has 0 atom stereocenters. The molecule has 0 aliphatic carbocycles. The fraction of sp³-hybridized carbons (Fsp3) is 0.188. The van der Waals surface area contributed by atoms with Gasteiger partial charge in [0.15, 0.2) is 0 Å². The van der Waals surface area contributed by atoms with E-state index >= 15 is 0 Å². The Balaban J connectivity index is 2.18. The van der Waals surface area contributed by atoms with Crippen molar-refractivity contribution in [3.8, 4) is 0 Å². The van der Waals surface area contributed by atoms with E-state index in [2.05, 4.69) is 29.4 Å². The summed E-state index contributed by atoms with van der Waals surface area (Å²) in [4.78, 5) is 13.7. The quantitative estimate of drug-likeness (QED) is 0.508. The molecule has 2 aromatic rings. The molecule has 0 bridgehead atoms. The first-order valence-corrected chi connectivity index (χ1v) is 6.48. The van der Waals surface area contributed by atoms with Crippen molar-refractivity contribution in [3.05, 3.63) is 65.2 Å². The zero-order valence-corrected chi connectivity index (χ0v) is 11.8. The highest BCUT2D eigenvalue weighted by Gasteiger charge is 2.07. The van der Waals surface area contributed by atoms with Gasteiger partial charge in [-0.25, -0.2) is 5.84 Å². The number of hydrogen-bond donors (Lipinski definition) is 2. The molecule has 0 aromatic heterocycles. The number of amides is 1. The predicted molar refractivity (Wildman–Crippen MR) is 81.4 cm³/mol. The SMILES string of the molecule is Cc1ccccc1N(C)Cc1cccc(C(=O)NN)c1. The molecule has 0 heterocycles. The second-order valence-electron chi connectivity index (χ2n) is 4.82. The Hall–Kier alpha value is -2.33. The maximum absolute atomic E-state index is 11.5. The van der Waals surface area contributed by atoms with E-state index in [1.165, 1.54) is 11.3 Å². The molecule has 1 amide bonds. The fourth-order valence-electron chi connectivity index (χ4n) is 2.25. The average Bonchev–Trinajstić information content (AvgIpc) is 2.47. The van der Waals surface area contributed by atoms with Crippen molar-refractivity contribution in [3.63, 3.8) is 0 Å². The zero-order valence-electron chi connectivity index (χ0n) is 11.8. The van der Waals surface area contributed by atoms with Crippen LogP contribution in [0.1, 0.15) is 21.5 Å². The van der Waals surface area contributed by atoms with Crippen molar-refractivity contribution in [2.24, 2.45) is 5.84 Å². The number of hydrogen-bond acceptors (Lipinski definition) is 3. The molecule has 3 N–H and O–H groups in total. The molecule has 4 heteroatoms. The normalized spacial score (nSPS) is 10.2. The molecule has 0 unspecified atom stereocenters. The van der Waals surface area contributed by atoms with Crippen LogP contribution in [0.25, 0.3) is 0 Å². The van der Waals surface area contributed by atoms with Crippen LogP contribution < -0.4 is 16.2 Å². The molecule has 0 saturated heterocycles. The van der Waals surface area contributed by atoms with Crippen LogP contribution in [0, 0.1) is 6.92 Å². The third-order valence-corrected chi connectivity index (χ3v) is 3.27. The van der Waals surface area contributed by atoms with Gasteiger partial charge in [-0.15, -0.1) is 0 Å². The highest BCUT2D eigenvalue weighted by molar-refractivity contribution is 5.93. The third kappa shape index (κ3) is 3.16. The number of para-hydroxylation sites is 1. The second kappa shape index (κ2) is 6.21. The Kier molecular flexibility index (Phi) is 4.38. The number of carbonyl (C=O) groups excluding carboxylic acids is 1. The van der Waals surface area contributed by atoms with Crippen LogP contribution in [0.3, 0.4) is 0 Å². The van der Waals surface area contributed by atoms with E-state index < -0.39 is 0 Å². The molecular weight excluding hydrogens is 250 g/mol. The van der Waals surface area contributed by atoms with Crippen molar-refractivity contribution >= 4 is 11.6 Å². The first kappa shape index (κ1) is 14.1. The smallest absolute Gasteiger partial charge is 0.265 e. The number of nitrogens with one attached hydrogen (secondary N) is 1. The number of hydrazine groups is 1. The monoisotopic (exact) mass is 269 g/mol. The number of aryl methyl sites for hydroxylation is 1.